The van der Waals surface area contributed by atoms with Gasteiger partial charge < -0.3 is 9.05 Å². The Balaban J connectivity index is 3.86. The zero-order valence-electron chi connectivity index (χ0n) is 11.1. The topological polar surface area (TPSA) is 43.2 Å². The highest BCUT2D eigenvalue weighted by Gasteiger charge is 2.07. The van der Waals surface area contributed by atoms with Crippen LogP contribution in [-0.2, 0) is 9.05 Å². The maximum atomic E-state index is 5.28. The average molecular weight is 244 g/mol. The van der Waals surface area contributed by atoms with E-state index in [1.165, 1.54) is 0 Å². The molecular weight excluding hydrogens is 220 g/mol. The second kappa shape index (κ2) is 9.39. The van der Waals surface area contributed by atoms with E-state index in [-0.39, 0.29) is 0 Å². The Bertz CT molecular complexity index is 218. The molecule has 0 atom stereocenters. The Morgan fingerprint density at radius 1 is 0.938 bits per heavy atom. The first-order valence-electron chi connectivity index (χ1n) is 5.98. The third-order valence-corrected chi connectivity index (χ3v) is 2.74. The largest absolute Gasteiger partial charge is 0.491 e. The summed E-state index contributed by atoms with van der Waals surface area (Å²) in [5, 5.41) is 8.04. The Kier molecular flexibility index (Phi) is 8.89. The van der Waals surface area contributed by atoms with Crippen LogP contribution >= 0.6 is 0 Å². The molecule has 0 bridgehead atoms. The Hall–Kier alpha value is -0.843. The second-order valence-electron chi connectivity index (χ2n) is 3.93. The quantitative estimate of drug-likeness (QED) is 0.374. The van der Waals surface area contributed by atoms with Gasteiger partial charge >= 0.3 is 9.28 Å². The van der Waals surface area contributed by atoms with Crippen LogP contribution in [0.3, 0.4) is 0 Å². The minimum Gasteiger partial charge on any atom is -0.411 e. The van der Waals surface area contributed by atoms with Gasteiger partial charge in [-0.15, -0.1) is 10.3 Å². The molecule has 16 heavy (non-hydrogen) atoms. The molecule has 5 heteroatoms. The van der Waals surface area contributed by atoms with Crippen molar-refractivity contribution in [2.45, 2.75) is 59.9 Å². The third-order valence-electron chi connectivity index (χ3n) is 1.94. The Labute approximate surface area is 101 Å². The van der Waals surface area contributed by atoms with Crippen molar-refractivity contribution in [3.63, 3.8) is 0 Å². The van der Waals surface area contributed by atoms with Crippen LogP contribution in [0.25, 0.3) is 0 Å². The van der Waals surface area contributed by atoms with Crippen molar-refractivity contribution in [3.05, 3.63) is 0 Å². The van der Waals surface area contributed by atoms with Gasteiger partial charge in [0.05, 0.1) is 11.4 Å². The van der Waals surface area contributed by atoms with Crippen molar-refractivity contribution in [1.29, 1.82) is 0 Å². The lowest BCUT2D eigenvalue weighted by Crippen LogP contribution is -2.14. The fraction of sp³-hybridized carbons (Fsp3) is 0.818. The number of hydrogen-bond acceptors (Lipinski definition) is 4. The van der Waals surface area contributed by atoms with Crippen LogP contribution in [0.2, 0.25) is 6.55 Å². The molecule has 0 aromatic rings. The van der Waals surface area contributed by atoms with Crippen LogP contribution in [0.15, 0.2) is 10.3 Å². The van der Waals surface area contributed by atoms with E-state index in [0.29, 0.717) is 0 Å². The van der Waals surface area contributed by atoms with Crippen molar-refractivity contribution in [2.24, 2.45) is 10.3 Å². The molecule has 0 heterocycles. The van der Waals surface area contributed by atoms with E-state index in [4.69, 9.17) is 9.05 Å². The van der Waals surface area contributed by atoms with Crippen LogP contribution < -0.4 is 0 Å². The summed E-state index contributed by atoms with van der Waals surface area (Å²) in [6.45, 7) is 10.1. The van der Waals surface area contributed by atoms with Gasteiger partial charge in [0, 0.05) is 6.55 Å². The minimum atomic E-state index is -1.74. The smallest absolute Gasteiger partial charge is 0.411 e. The molecule has 0 aromatic carbocycles. The standard InChI is InChI=1S/C11H24N2O2Si/c1-6-8-10(3)12-14-16(5)15-13-11(4)9-7-2/h16H,6-9H2,1-5H3. The zero-order chi connectivity index (χ0) is 12.4. The molecule has 0 saturated carbocycles. The number of rotatable bonds is 8. The molecule has 4 nitrogen and oxygen atoms in total. The number of nitrogens with zero attached hydrogens (tertiary/aromatic N) is 2. The van der Waals surface area contributed by atoms with Crippen molar-refractivity contribution in [1.82, 2.24) is 0 Å². The second-order valence-corrected chi connectivity index (χ2v) is 5.49. The van der Waals surface area contributed by atoms with Crippen LogP contribution in [0.1, 0.15) is 53.4 Å². The molecular formula is C11H24N2O2Si. The predicted octanol–water partition coefficient (Wildman–Crippen LogP) is 3.22. The first-order chi connectivity index (χ1) is 7.60. The van der Waals surface area contributed by atoms with Gasteiger partial charge in [0.2, 0.25) is 0 Å². The first kappa shape index (κ1) is 15.2. The molecule has 0 fully saturated rings. The molecule has 0 N–H and O–H groups in total. The zero-order valence-corrected chi connectivity index (χ0v) is 12.3. The lowest BCUT2D eigenvalue weighted by atomic mass is 10.2. The molecule has 0 aromatic heterocycles. The van der Waals surface area contributed by atoms with Gasteiger partial charge in [-0.1, -0.05) is 26.7 Å². The van der Waals surface area contributed by atoms with E-state index in [2.05, 4.69) is 24.2 Å². The molecule has 0 rings (SSSR count). The fourth-order valence-electron chi connectivity index (χ4n) is 1.16. The maximum Gasteiger partial charge on any atom is 0.491 e. The van der Waals surface area contributed by atoms with Gasteiger partial charge in [-0.25, -0.2) is 0 Å². The maximum absolute atomic E-state index is 5.28. The van der Waals surface area contributed by atoms with E-state index in [1.807, 2.05) is 20.4 Å². The number of oxime groups is 2. The summed E-state index contributed by atoms with van der Waals surface area (Å²) < 4.78 is 10.6. The van der Waals surface area contributed by atoms with E-state index in [9.17, 15) is 0 Å². The molecule has 0 amide bonds. The Morgan fingerprint density at radius 2 is 1.31 bits per heavy atom. The molecule has 0 unspecified atom stereocenters. The summed E-state index contributed by atoms with van der Waals surface area (Å²) in [4.78, 5) is 0. The van der Waals surface area contributed by atoms with Crippen molar-refractivity contribution in [3.8, 4) is 0 Å². The minimum absolute atomic E-state index is 0.971. The van der Waals surface area contributed by atoms with Gasteiger partial charge in [0.15, 0.2) is 0 Å². The van der Waals surface area contributed by atoms with Gasteiger partial charge in [-0.05, 0) is 26.7 Å². The summed E-state index contributed by atoms with van der Waals surface area (Å²) in [5.74, 6) is 0. The lowest BCUT2D eigenvalue weighted by molar-refractivity contribution is 0.216. The van der Waals surface area contributed by atoms with E-state index in [1.54, 1.807) is 0 Å². The summed E-state index contributed by atoms with van der Waals surface area (Å²) in [6.07, 6.45) is 4.12. The monoisotopic (exact) mass is 244 g/mol. The predicted molar refractivity (Wildman–Crippen MR) is 71.2 cm³/mol. The van der Waals surface area contributed by atoms with Gasteiger partial charge in [-0.3, -0.25) is 0 Å². The average Bonchev–Trinajstić information content (AvgIpc) is 2.24. The van der Waals surface area contributed by atoms with Gasteiger partial charge in [-0.2, -0.15) is 0 Å². The first-order valence-corrected chi connectivity index (χ1v) is 8.08. The van der Waals surface area contributed by atoms with E-state index >= 15 is 0 Å². The molecule has 0 aliphatic rings. The molecule has 0 saturated heterocycles. The summed E-state index contributed by atoms with van der Waals surface area (Å²) in [6, 6.07) is 0. The van der Waals surface area contributed by atoms with E-state index in [0.717, 1.165) is 37.1 Å². The number of hydrogen-bond donors (Lipinski definition) is 0. The van der Waals surface area contributed by atoms with Crippen LogP contribution in [-0.4, -0.2) is 20.7 Å². The molecule has 0 spiro atoms. The van der Waals surface area contributed by atoms with Gasteiger partial charge in [0.25, 0.3) is 0 Å². The van der Waals surface area contributed by atoms with Crippen molar-refractivity contribution < 1.29 is 9.05 Å². The molecule has 94 valence electrons. The summed E-state index contributed by atoms with van der Waals surface area (Å²) in [5.41, 5.74) is 2.03. The summed E-state index contributed by atoms with van der Waals surface area (Å²) >= 11 is 0. The van der Waals surface area contributed by atoms with Crippen molar-refractivity contribution >= 4 is 20.7 Å². The van der Waals surface area contributed by atoms with Crippen LogP contribution in [0, 0.1) is 0 Å². The highest BCUT2D eigenvalue weighted by molar-refractivity contribution is 6.42. The Morgan fingerprint density at radius 3 is 1.62 bits per heavy atom. The molecule has 0 radical (unpaired) electrons. The van der Waals surface area contributed by atoms with Crippen LogP contribution in [0.5, 0.6) is 0 Å². The highest BCUT2D eigenvalue weighted by atomic mass is 28.3. The molecule has 0 aliphatic heterocycles. The SMILES string of the molecule is CCCC(C)=NO[SiH](C)ON=C(C)CCC. The highest BCUT2D eigenvalue weighted by Crippen LogP contribution is 1.98. The summed E-state index contributed by atoms with van der Waals surface area (Å²) in [7, 11) is -1.74. The third kappa shape index (κ3) is 8.46. The molecule has 0 aliphatic carbocycles. The van der Waals surface area contributed by atoms with Crippen LogP contribution in [0.4, 0.5) is 0 Å². The van der Waals surface area contributed by atoms with Gasteiger partial charge in [0.1, 0.15) is 0 Å². The van der Waals surface area contributed by atoms with E-state index < -0.39 is 9.28 Å². The fourth-order valence-corrected chi connectivity index (χ4v) is 1.86. The van der Waals surface area contributed by atoms with Crippen molar-refractivity contribution in [2.75, 3.05) is 0 Å². The lowest BCUT2D eigenvalue weighted by Gasteiger charge is -2.07. The normalized spacial score (nSPS) is 14.8.